The fourth-order valence-corrected chi connectivity index (χ4v) is 3.86. The van der Waals surface area contributed by atoms with Crippen LogP contribution in [0.2, 0.25) is 0 Å². The van der Waals surface area contributed by atoms with Gasteiger partial charge in [0.2, 0.25) is 0 Å². The van der Waals surface area contributed by atoms with E-state index in [0.29, 0.717) is 0 Å². The van der Waals surface area contributed by atoms with Crippen LogP contribution < -0.4 is 10.2 Å². The standard InChI is InChI=1S/C21H20BrN3O/c22-18-8-4-7-15-9-10-19(24-20(15)18)25-13-11-17(12-14-25)23-21(26)16-5-2-1-3-6-16/h1-10,17H,11-14H2,(H,23,26). The number of pyridine rings is 1. The smallest absolute Gasteiger partial charge is 0.251 e. The number of rotatable bonds is 3. The maximum Gasteiger partial charge on any atom is 0.251 e. The molecule has 0 unspecified atom stereocenters. The maximum absolute atomic E-state index is 12.3. The minimum absolute atomic E-state index is 0.0109. The van der Waals surface area contributed by atoms with E-state index in [-0.39, 0.29) is 11.9 Å². The fraction of sp³-hybridized carbons (Fsp3) is 0.238. The largest absolute Gasteiger partial charge is 0.356 e. The number of nitrogens with zero attached hydrogens (tertiary/aromatic N) is 2. The molecule has 0 spiro atoms. The molecule has 0 bridgehead atoms. The van der Waals surface area contributed by atoms with Crippen LogP contribution in [0.1, 0.15) is 23.2 Å². The third-order valence-corrected chi connectivity index (χ3v) is 5.49. The zero-order valence-electron chi connectivity index (χ0n) is 14.4. The number of nitrogens with one attached hydrogen (secondary N) is 1. The van der Waals surface area contributed by atoms with Gasteiger partial charge in [0, 0.05) is 34.6 Å². The summed E-state index contributed by atoms with van der Waals surface area (Å²) in [7, 11) is 0. The molecule has 26 heavy (non-hydrogen) atoms. The van der Waals surface area contributed by atoms with E-state index in [1.807, 2.05) is 42.5 Å². The van der Waals surface area contributed by atoms with Crippen LogP contribution in [-0.4, -0.2) is 30.0 Å². The minimum Gasteiger partial charge on any atom is -0.356 e. The summed E-state index contributed by atoms with van der Waals surface area (Å²) in [5, 5.41) is 4.28. The van der Waals surface area contributed by atoms with Gasteiger partial charge in [-0.1, -0.05) is 30.3 Å². The number of carbonyl (C=O) groups excluding carboxylic acids is 1. The highest BCUT2D eigenvalue weighted by Gasteiger charge is 2.22. The lowest BCUT2D eigenvalue weighted by atomic mass is 10.0. The van der Waals surface area contributed by atoms with Crippen molar-refractivity contribution in [1.29, 1.82) is 0 Å². The Labute approximate surface area is 161 Å². The van der Waals surface area contributed by atoms with Gasteiger partial charge in [-0.2, -0.15) is 0 Å². The van der Waals surface area contributed by atoms with Crippen molar-refractivity contribution in [2.75, 3.05) is 18.0 Å². The Bertz CT molecular complexity index is 921. The van der Waals surface area contributed by atoms with Crippen molar-refractivity contribution in [1.82, 2.24) is 10.3 Å². The SMILES string of the molecule is O=C(NC1CCN(c2ccc3cccc(Br)c3n2)CC1)c1ccccc1. The highest BCUT2D eigenvalue weighted by atomic mass is 79.9. The topological polar surface area (TPSA) is 45.2 Å². The third kappa shape index (κ3) is 3.58. The summed E-state index contributed by atoms with van der Waals surface area (Å²) < 4.78 is 1.02. The van der Waals surface area contributed by atoms with Crippen molar-refractivity contribution in [2.45, 2.75) is 18.9 Å². The van der Waals surface area contributed by atoms with Crippen LogP contribution in [0.25, 0.3) is 10.9 Å². The quantitative estimate of drug-likeness (QED) is 0.697. The molecule has 132 valence electrons. The number of hydrogen-bond acceptors (Lipinski definition) is 3. The van der Waals surface area contributed by atoms with Gasteiger partial charge in [0.25, 0.3) is 5.91 Å². The zero-order valence-corrected chi connectivity index (χ0v) is 15.9. The minimum atomic E-state index is 0.0109. The van der Waals surface area contributed by atoms with Crippen LogP contribution >= 0.6 is 15.9 Å². The van der Waals surface area contributed by atoms with Crippen LogP contribution in [-0.2, 0) is 0 Å². The maximum atomic E-state index is 12.3. The van der Waals surface area contributed by atoms with Gasteiger partial charge < -0.3 is 10.2 Å². The normalized spacial score (nSPS) is 15.2. The van der Waals surface area contributed by atoms with Crippen molar-refractivity contribution in [3.05, 3.63) is 70.7 Å². The molecule has 5 heteroatoms. The number of aromatic nitrogens is 1. The van der Waals surface area contributed by atoms with E-state index in [1.165, 1.54) is 0 Å². The number of amides is 1. The number of hydrogen-bond donors (Lipinski definition) is 1. The Kier molecular flexibility index (Phi) is 4.89. The Morgan fingerprint density at radius 2 is 1.77 bits per heavy atom. The summed E-state index contributed by atoms with van der Waals surface area (Å²) in [5.74, 6) is 1.01. The molecule has 1 fully saturated rings. The van der Waals surface area contributed by atoms with Gasteiger partial charge in [0.05, 0.1) is 5.52 Å². The van der Waals surface area contributed by atoms with Crippen molar-refractivity contribution in [3.63, 3.8) is 0 Å². The predicted octanol–water partition coefficient (Wildman–Crippen LogP) is 4.40. The fourth-order valence-electron chi connectivity index (χ4n) is 3.39. The first-order chi connectivity index (χ1) is 12.7. The second kappa shape index (κ2) is 7.46. The lowest BCUT2D eigenvalue weighted by Gasteiger charge is -2.33. The van der Waals surface area contributed by atoms with Crippen LogP contribution in [0.15, 0.2) is 65.1 Å². The molecule has 1 aliphatic heterocycles. The molecule has 4 rings (SSSR count). The summed E-state index contributed by atoms with van der Waals surface area (Å²) in [6.07, 6.45) is 1.85. The number of benzene rings is 2. The van der Waals surface area contributed by atoms with Crippen LogP contribution in [0, 0.1) is 0 Å². The number of piperidine rings is 1. The van der Waals surface area contributed by atoms with Crippen LogP contribution in [0.3, 0.4) is 0 Å². The Balaban J connectivity index is 1.41. The summed E-state index contributed by atoms with van der Waals surface area (Å²) in [5.41, 5.74) is 1.71. The molecule has 1 N–H and O–H groups in total. The first kappa shape index (κ1) is 17.0. The van der Waals surface area contributed by atoms with Gasteiger partial charge in [0.15, 0.2) is 0 Å². The first-order valence-corrected chi connectivity index (χ1v) is 9.66. The average molecular weight is 410 g/mol. The van der Waals surface area contributed by atoms with E-state index in [1.54, 1.807) is 0 Å². The van der Waals surface area contributed by atoms with Gasteiger partial charge in [-0.3, -0.25) is 4.79 Å². The monoisotopic (exact) mass is 409 g/mol. The Morgan fingerprint density at radius 1 is 1.00 bits per heavy atom. The highest BCUT2D eigenvalue weighted by molar-refractivity contribution is 9.10. The summed E-state index contributed by atoms with van der Waals surface area (Å²) in [4.78, 5) is 19.4. The van der Waals surface area contributed by atoms with Crippen LogP contribution in [0.5, 0.6) is 0 Å². The van der Waals surface area contributed by atoms with Gasteiger partial charge in [0.1, 0.15) is 5.82 Å². The molecule has 1 aliphatic rings. The van der Waals surface area contributed by atoms with Gasteiger partial charge >= 0.3 is 0 Å². The highest BCUT2D eigenvalue weighted by Crippen LogP contribution is 2.26. The second-order valence-corrected chi connectivity index (χ2v) is 7.44. The average Bonchev–Trinajstić information content (AvgIpc) is 2.69. The molecule has 0 saturated carbocycles. The first-order valence-electron chi connectivity index (χ1n) is 8.87. The van der Waals surface area contributed by atoms with E-state index in [2.05, 4.69) is 44.3 Å². The molecular weight excluding hydrogens is 390 g/mol. The van der Waals surface area contributed by atoms with Crippen LogP contribution in [0.4, 0.5) is 5.82 Å². The van der Waals surface area contributed by atoms with Crippen molar-refractivity contribution >= 4 is 38.6 Å². The van der Waals surface area contributed by atoms with Gasteiger partial charge in [-0.25, -0.2) is 4.98 Å². The molecule has 3 aromatic rings. The van der Waals surface area contributed by atoms with Gasteiger partial charge in [-0.15, -0.1) is 0 Å². The molecule has 0 aliphatic carbocycles. The second-order valence-electron chi connectivity index (χ2n) is 6.58. The molecule has 2 aromatic carbocycles. The summed E-state index contributed by atoms with van der Waals surface area (Å²) in [6, 6.07) is 19.9. The molecule has 0 atom stereocenters. The Hall–Kier alpha value is -2.40. The van der Waals surface area contributed by atoms with Gasteiger partial charge in [-0.05, 0) is 59.1 Å². The number of anilines is 1. The van der Waals surface area contributed by atoms with E-state index in [9.17, 15) is 4.79 Å². The van der Waals surface area contributed by atoms with Crippen molar-refractivity contribution in [3.8, 4) is 0 Å². The molecule has 1 amide bonds. The van der Waals surface area contributed by atoms with E-state index in [4.69, 9.17) is 4.98 Å². The third-order valence-electron chi connectivity index (χ3n) is 4.85. The van der Waals surface area contributed by atoms with Crippen molar-refractivity contribution in [2.24, 2.45) is 0 Å². The molecule has 2 heterocycles. The molecule has 4 nitrogen and oxygen atoms in total. The summed E-state index contributed by atoms with van der Waals surface area (Å²) in [6.45, 7) is 1.78. The Morgan fingerprint density at radius 3 is 2.54 bits per heavy atom. The lowest BCUT2D eigenvalue weighted by molar-refractivity contribution is 0.0931. The summed E-state index contributed by atoms with van der Waals surface area (Å²) >= 11 is 3.59. The molecule has 0 radical (unpaired) electrons. The van der Waals surface area contributed by atoms with E-state index in [0.717, 1.165) is 52.7 Å². The van der Waals surface area contributed by atoms with Crippen molar-refractivity contribution < 1.29 is 4.79 Å². The lowest BCUT2D eigenvalue weighted by Crippen LogP contribution is -2.45. The molecular formula is C21H20BrN3O. The predicted molar refractivity (Wildman–Crippen MR) is 109 cm³/mol. The number of fused-ring (bicyclic) bond motifs is 1. The van der Waals surface area contributed by atoms with E-state index < -0.39 is 0 Å². The molecule has 1 aromatic heterocycles. The number of halogens is 1. The number of para-hydroxylation sites is 1. The number of carbonyl (C=O) groups is 1. The van der Waals surface area contributed by atoms with E-state index >= 15 is 0 Å². The molecule has 1 saturated heterocycles. The zero-order chi connectivity index (χ0) is 17.9.